The second-order valence-corrected chi connectivity index (χ2v) is 5.93. The normalized spacial score (nSPS) is 20.4. The van der Waals surface area contributed by atoms with Crippen LogP contribution in [0.15, 0.2) is 18.2 Å². The molecule has 106 valence electrons. The molecule has 1 aliphatic heterocycles. The van der Waals surface area contributed by atoms with Crippen molar-refractivity contribution >= 4 is 17.3 Å². The van der Waals surface area contributed by atoms with Crippen molar-refractivity contribution in [2.75, 3.05) is 25.0 Å². The molecular weight excluding hydrogens is 256 g/mol. The van der Waals surface area contributed by atoms with Crippen LogP contribution < -0.4 is 10.2 Å². The highest BCUT2D eigenvalue weighted by Gasteiger charge is 2.17. The molecule has 19 heavy (non-hydrogen) atoms. The third-order valence-electron chi connectivity index (χ3n) is 4.17. The highest BCUT2D eigenvalue weighted by Crippen LogP contribution is 2.28. The number of anilines is 1. The molecule has 0 amide bonds. The maximum Gasteiger partial charge on any atom is 0.0412 e. The van der Waals surface area contributed by atoms with Crippen LogP contribution in [0, 0.1) is 5.92 Å². The lowest BCUT2D eigenvalue weighted by molar-refractivity contribution is 0.459. The second-order valence-electron chi connectivity index (χ2n) is 5.50. The molecule has 3 heteroatoms. The smallest absolute Gasteiger partial charge is 0.0412 e. The fraction of sp³-hybridized carbons (Fsp3) is 0.625. The van der Waals surface area contributed by atoms with Gasteiger partial charge in [-0.15, -0.1) is 0 Å². The summed E-state index contributed by atoms with van der Waals surface area (Å²) in [6.07, 6.45) is 5.32. The van der Waals surface area contributed by atoms with Crippen LogP contribution in [0.5, 0.6) is 0 Å². The Kier molecular flexibility index (Phi) is 5.53. The van der Waals surface area contributed by atoms with Gasteiger partial charge in [0.1, 0.15) is 0 Å². The minimum atomic E-state index is 0.829. The summed E-state index contributed by atoms with van der Waals surface area (Å²) in [6.45, 7) is 5.55. The van der Waals surface area contributed by atoms with Crippen LogP contribution in [0.25, 0.3) is 0 Å². The van der Waals surface area contributed by atoms with Crippen LogP contribution in [0.1, 0.15) is 38.2 Å². The van der Waals surface area contributed by atoms with E-state index in [9.17, 15) is 0 Å². The Hall–Kier alpha value is -0.730. The van der Waals surface area contributed by atoms with Gasteiger partial charge in [0, 0.05) is 30.3 Å². The first-order valence-electron chi connectivity index (χ1n) is 7.42. The largest absolute Gasteiger partial charge is 0.371 e. The molecule has 1 aromatic carbocycles. The van der Waals surface area contributed by atoms with E-state index in [-0.39, 0.29) is 0 Å². The molecule has 1 unspecified atom stereocenters. The molecule has 1 saturated heterocycles. The predicted octanol–water partition coefficient (Wildman–Crippen LogP) is 4.08. The Balaban J connectivity index is 2.16. The van der Waals surface area contributed by atoms with Gasteiger partial charge in [-0.05, 0) is 56.0 Å². The SMILES string of the molecule is CCC1CCCN(c2ccc(Cl)cc2CNC)CC1. The van der Waals surface area contributed by atoms with Gasteiger partial charge < -0.3 is 10.2 Å². The lowest BCUT2D eigenvalue weighted by Gasteiger charge is -2.26. The van der Waals surface area contributed by atoms with Crippen molar-refractivity contribution in [3.63, 3.8) is 0 Å². The third kappa shape index (κ3) is 3.87. The van der Waals surface area contributed by atoms with E-state index in [1.165, 1.54) is 50.0 Å². The molecule has 0 radical (unpaired) electrons. The van der Waals surface area contributed by atoms with Crippen molar-refractivity contribution in [2.45, 2.75) is 39.2 Å². The van der Waals surface area contributed by atoms with Gasteiger partial charge in [0.05, 0.1) is 0 Å². The van der Waals surface area contributed by atoms with Crippen LogP contribution in [0.2, 0.25) is 5.02 Å². The van der Waals surface area contributed by atoms with E-state index >= 15 is 0 Å². The molecule has 0 aromatic heterocycles. The fourth-order valence-electron chi connectivity index (χ4n) is 3.01. The molecule has 1 N–H and O–H groups in total. The van der Waals surface area contributed by atoms with Gasteiger partial charge in [0.2, 0.25) is 0 Å². The molecule has 1 atom stereocenters. The van der Waals surface area contributed by atoms with Crippen LogP contribution in [-0.2, 0) is 6.54 Å². The monoisotopic (exact) mass is 280 g/mol. The van der Waals surface area contributed by atoms with Gasteiger partial charge in [-0.1, -0.05) is 24.9 Å². The van der Waals surface area contributed by atoms with Crippen LogP contribution >= 0.6 is 11.6 Å². The van der Waals surface area contributed by atoms with Gasteiger partial charge >= 0.3 is 0 Å². The van der Waals surface area contributed by atoms with Crippen molar-refractivity contribution in [1.29, 1.82) is 0 Å². The van der Waals surface area contributed by atoms with E-state index < -0.39 is 0 Å². The van der Waals surface area contributed by atoms with E-state index in [2.05, 4.69) is 29.3 Å². The lowest BCUT2D eigenvalue weighted by Crippen LogP contribution is -2.26. The average Bonchev–Trinajstić information content (AvgIpc) is 2.65. The number of rotatable bonds is 4. The molecule has 0 saturated carbocycles. The zero-order valence-corrected chi connectivity index (χ0v) is 12.8. The summed E-state index contributed by atoms with van der Waals surface area (Å²) >= 11 is 6.12. The Morgan fingerprint density at radius 3 is 2.89 bits per heavy atom. The van der Waals surface area contributed by atoms with E-state index in [1.54, 1.807) is 0 Å². The van der Waals surface area contributed by atoms with Crippen molar-refractivity contribution in [3.05, 3.63) is 28.8 Å². The van der Waals surface area contributed by atoms with Crippen molar-refractivity contribution in [2.24, 2.45) is 5.92 Å². The molecule has 1 aromatic rings. The van der Waals surface area contributed by atoms with E-state index in [1.807, 2.05) is 13.1 Å². The summed E-state index contributed by atoms with van der Waals surface area (Å²) in [5.74, 6) is 0.907. The van der Waals surface area contributed by atoms with Crippen molar-refractivity contribution < 1.29 is 0 Å². The van der Waals surface area contributed by atoms with Gasteiger partial charge in [-0.2, -0.15) is 0 Å². The number of halogens is 1. The second kappa shape index (κ2) is 7.16. The zero-order valence-electron chi connectivity index (χ0n) is 12.1. The maximum atomic E-state index is 6.12. The van der Waals surface area contributed by atoms with Gasteiger partial charge in [-0.25, -0.2) is 0 Å². The molecule has 1 heterocycles. The summed E-state index contributed by atoms with van der Waals surface area (Å²) in [5.41, 5.74) is 2.67. The Bertz CT molecular complexity index is 406. The van der Waals surface area contributed by atoms with Crippen LogP contribution in [0.3, 0.4) is 0 Å². The van der Waals surface area contributed by atoms with Crippen molar-refractivity contribution in [1.82, 2.24) is 5.32 Å². The van der Waals surface area contributed by atoms with Crippen LogP contribution in [-0.4, -0.2) is 20.1 Å². The van der Waals surface area contributed by atoms with Gasteiger partial charge in [0.25, 0.3) is 0 Å². The minimum absolute atomic E-state index is 0.829. The maximum absolute atomic E-state index is 6.12. The molecule has 0 bridgehead atoms. The Labute approximate surface area is 122 Å². The van der Waals surface area contributed by atoms with E-state index in [0.717, 1.165) is 17.5 Å². The molecular formula is C16H25ClN2. The Morgan fingerprint density at radius 2 is 2.16 bits per heavy atom. The number of hydrogen-bond donors (Lipinski definition) is 1. The number of nitrogens with zero attached hydrogens (tertiary/aromatic N) is 1. The quantitative estimate of drug-likeness (QED) is 0.894. The summed E-state index contributed by atoms with van der Waals surface area (Å²) in [7, 11) is 1.99. The highest BCUT2D eigenvalue weighted by molar-refractivity contribution is 6.30. The summed E-state index contributed by atoms with van der Waals surface area (Å²) < 4.78 is 0. The summed E-state index contributed by atoms with van der Waals surface area (Å²) in [5, 5.41) is 4.07. The molecule has 1 aliphatic rings. The first kappa shape index (κ1) is 14.7. The van der Waals surface area contributed by atoms with Crippen molar-refractivity contribution in [3.8, 4) is 0 Å². The lowest BCUT2D eigenvalue weighted by atomic mass is 9.98. The van der Waals surface area contributed by atoms with E-state index in [0.29, 0.717) is 0 Å². The topological polar surface area (TPSA) is 15.3 Å². The first-order valence-corrected chi connectivity index (χ1v) is 7.80. The standard InChI is InChI=1S/C16H25ClN2/c1-3-13-5-4-9-19(10-8-13)16-7-6-15(17)11-14(16)12-18-2/h6-7,11,13,18H,3-5,8-10,12H2,1-2H3. The fourth-order valence-corrected chi connectivity index (χ4v) is 3.20. The molecule has 2 rings (SSSR count). The third-order valence-corrected chi connectivity index (χ3v) is 4.41. The predicted molar refractivity (Wildman–Crippen MR) is 84.1 cm³/mol. The molecule has 0 spiro atoms. The first-order chi connectivity index (χ1) is 9.24. The van der Waals surface area contributed by atoms with Crippen LogP contribution in [0.4, 0.5) is 5.69 Å². The van der Waals surface area contributed by atoms with Gasteiger partial charge in [-0.3, -0.25) is 0 Å². The minimum Gasteiger partial charge on any atom is -0.371 e. The number of hydrogen-bond acceptors (Lipinski definition) is 2. The zero-order chi connectivity index (χ0) is 13.7. The van der Waals surface area contributed by atoms with E-state index in [4.69, 9.17) is 11.6 Å². The van der Waals surface area contributed by atoms with Gasteiger partial charge in [0.15, 0.2) is 0 Å². The number of benzene rings is 1. The summed E-state index contributed by atoms with van der Waals surface area (Å²) in [6, 6.07) is 6.29. The number of nitrogens with one attached hydrogen (secondary N) is 1. The highest BCUT2D eigenvalue weighted by atomic mass is 35.5. The Morgan fingerprint density at radius 1 is 1.32 bits per heavy atom. The molecule has 2 nitrogen and oxygen atoms in total. The average molecular weight is 281 g/mol. The summed E-state index contributed by atoms with van der Waals surface area (Å²) in [4.78, 5) is 2.54. The molecule has 0 aliphatic carbocycles. The molecule has 1 fully saturated rings.